The number of amides is 2. The van der Waals surface area contributed by atoms with Gasteiger partial charge < -0.3 is 10.6 Å². The summed E-state index contributed by atoms with van der Waals surface area (Å²) in [6.45, 7) is 8.79. The molecular formula is C19H28N2O2. The van der Waals surface area contributed by atoms with Gasteiger partial charge in [-0.1, -0.05) is 38.5 Å². The second-order valence-electron chi connectivity index (χ2n) is 7.71. The quantitative estimate of drug-likeness (QED) is 0.818. The minimum atomic E-state index is -0.591. The Morgan fingerprint density at radius 2 is 1.52 bits per heavy atom. The molecule has 2 N–H and O–H groups in total. The van der Waals surface area contributed by atoms with Crippen LogP contribution in [0.4, 0.5) is 5.69 Å². The third-order valence-corrected chi connectivity index (χ3v) is 4.80. The molecule has 0 bridgehead atoms. The fourth-order valence-corrected chi connectivity index (χ4v) is 3.18. The molecule has 23 heavy (non-hydrogen) atoms. The monoisotopic (exact) mass is 316 g/mol. The molecule has 0 atom stereocenters. The van der Waals surface area contributed by atoms with Gasteiger partial charge in [0.1, 0.15) is 0 Å². The van der Waals surface area contributed by atoms with Gasteiger partial charge >= 0.3 is 11.8 Å². The summed E-state index contributed by atoms with van der Waals surface area (Å²) in [6.07, 6.45) is 4.11. The second kappa shape index (κ2) is 7.16. The summed E-state index contributed by atoms with van der Waals surface area (Å²) in [5.41, 5.74) is 2.08. The first kappa shape index (κ1) is 17.5. The van der Waals surface area contributed by atoms with Crippen LogP contribution in [0.15, 0.2) is 24.3 Å². The number of rotatable bonds is 2. The average molecular weight is 316 g/mol. The van der Waals surface area contributed by atoms with Gasteiger partial charge in [0.15, 0.2) is 0 Å². The molecule has 1 aliphatic rings. The van der Waals surface area contributed by atoms with E-state index in [1.165, 1.54) is 0 Å². The molecule has 0 unspecified atom stereocenters. The zero-order chi connectivity index (χ0) is 17.0. The van der Waals surface area contributed by atoms with Gasteiger partial charge in [0.25, 0.3) is 0 Å². The SMILES string of the molecule is Cc1ccc(NC(=O)C(=O)NC2CCC(C(C)(C)C)CC2)cc1. The van der Waals surface area contributed by atoms with Crippen molar-refractivity contribution in [2.24, 2.45) is 11.3 Å². The maximum atomic E-state index is 12.0. The summed E-state index contributed by atoms with van der Waals surface area (Å²) < 4.78 is 0. The fraction of sp³-hybridized carbons (Fsp3) is 0.579. The van der Waals surface area contributed by atoms with Crippen molar-refractivity contribution in [3.63, 3.8) is 0 Å². The fourth-order valence-electron chi connectivity index (χ4n) is 3.18. The topological polar surface area (TPSA) is 58.2 Å². The summed E-state index contributed by atoms with van der Waals surface area (Å²) in [5.74, 6) is -0.436. The summed E-state index contributed by atoms with van der Waals surface area (Å²) in [5, 5.41) is 5.51. The molecule has 4 nitrogen and oxygen atoms in total. The van der Waals surface area contributed by atoms with E-state index in [0.29, 0.717) is 17.0 Å². The Balaban J connectivity index is 1.80. The molecule has 1 saturated carbocycles. The van der Waals surface area contributed by atoms with Crippen LogP contribution in [0.25, 0.3) is 0 Å². The molecule has 0 aromatic heterocycles. The molecule has 2 rings (SSSR count). The van der Waals surface area contributed by atoms with E-state index in [9.17, 15) is 9.59 Å². The lowest BCUT2D eigenvalue weighted by atomic mass is 9.71. The predicted octanol–water partition coefficient (Wildman–Crippen LogP) is 3.65. The zero-order valence-electron chi connectivity index (χ0n) is 14.6. The first-order valence-electron chi connectivity index (χ1n) is 8.44. The highest BCUT2D eigenvalue weighted by molar-refractivity contribution is 6.39. The molecule has 4 heteroatoms. The molecule has 0 heterocycles. The van der Waals surface area contributed by atoms with E-state index in [-0.39, 0.29) is 6.04 Å². The van der Waals surface area contributed by atoms with Gasteiger partial charge in [0.2, 0.25) is 0 Å². The molecule has 0 aliphatic heterocycles. The summed E-state index contributed by atoms with van der Waals surface area (Å²) in [6, 6.07) is 7.53. The van der Waals surface area contributed by atoms with Crippen LogP contribution in [0.5, 0.6) is 0 Å². The van der Waals surface area contributed by atoms with Gasteiger partial charge in [-0.2, -0.15) is 0 Å². The molecule has 1 fully saturated rings. The van der Waals surface area contributed by atoms with Crippen LogP contribution in [-0.4, -0.2) is 17.9 Å². The second-order valence-corrected chi connectivity index (χ2v) is 7.71. The highest BCUT2D eigenvalue weighted by atomic mass is 16.2. The highest BCUT2D eigenvalue weighted by Gasteiger charge is 2.30. The number of aryl methyl sites for hydroxylation is 1. The number of hydrogen-bond donors (Lipinski definition) is 2. The molecule has 1 aromatic carbocycles. The number of benzene rings is 1. The number of carbonyl (C=O) groups is 2. The Kier molecular flexibility index (Phi) is 5.45. The Hall–Kier alpha value is -1.84. The van der Waals surface area contributed by atoms with Crippen molar-refractivity contribution in [3.05, 3.63) is 29.8 Å². The molecular weight excluding hydrogens is 288 g/mol. The highest BCUT2D eigenvalue weighted by Crippen LogP contribution is 2.37. The van der Waals surface area contributed by atoms with E-state index < -0.39 is 11.8 Å². The van der Waals surface area contributed by atoms with Gasteiger partial charge in [-0.3, -0.25) is 9.59 Å². The number of nitrogens with one attached hydrogen (secondary N) is 2. The van der Waals surface area contributed by atoms with E-state index in [4.69, 9.17) is 0 Å². The van der Waals surface area contributed by atoms with Crippen molar-refractivity contribution in [1.82, 2.24) is 5.32 Å². The third-order valence-electron chi connectivity index (χ3n) is 4.80. The van der Waals surface area contributed by atoms with Crippen LogP contribution in [0.3, 0.4) is 0 Å². The van der Waals surface area contributed by atoms with E-state index in [2.05, 4.69) is 31.4 Å². The molecule has 0 radical (unpaired) electrons. The number of hydrogen-bond acceptors (Lipinski definition) is 2. The zero-order valence-corrected chi connectivity index (χ0v) is 14.6. The largest absolute Gasteiger partial charge is 0.345 e. The molecule has 0 spiro atoms. The van der Waals surface area contributed by atoms with Crippen molar-refractivity contribution in [2.75, 3.05) is 5.32 Å². The molecule has 2 amide bonds. The van der Waals surface area contributed by atoms with Crippen molar-refractivity contribution < 1.29 is 9.59 Å². The van der Waals surface area contributed by atoms with Crippen molar-refractivity contribution in [2.45, 2.75) is 59.4 Å². The molecule has 126 valence electrons. The van der Waals surface area contributed by atoms with Crippen LogP contribution in [0, 0.1) is 18.3 Å². The Morgan fingerprint density at radius 3 is 2.04 bits per heavy atom. The smallest absolute Gasteiger partial charge is 0.313 e. The van der Waals surface area contributed by atoms with E-state index in [1.807, 2.05) is 19.1 Å². The average Bonchev–Trinajstić information content (AvgIpc) is 2.49. The Bertz CT molecular complexity index is 550. The first-order chi connectivity index (χ1) is 10.8. The van der Waals surface area contributed by atoms with Crippen molar-refractivity contribution in [1.29, 1.82) is 0 Å². The maximum absolute atomic E-state index is 12.0. The Morgan fingerprint density at radius 1 is 0.957 bits per heavy atom. The molecule has 1 aromatic rings. The van der Waals surface area contributed by atoms with E-state index >= 15 is 0 Å². The number of anilines is 1. The van der Waals surface area contributed by atoms with Gasteiger partial charge in [-0.15, -0.1) is 0 Å². The van der Waals surface area contributed by atoms with E-state index in [0.717, 1.165) is 31.2 Å². The lowest BCUT2D eigenvalue weighted by Gasteiger charge is -2.37. The molecule has 1 aliphatic carbocycles. The predicted molar refractivity (Wildman–Crippen MR) is 93.2 cm³/mol. The minimum Gasteiger partial charge on any atom is -0.345 e. The first-order valence-corrected chi connectivity index (χ1v) is 8.44. The van der Waals surface area contributed by atoms with Crippen LogP contribution in [0.1, 0.15) is 52.0 Å². The van der Waals surface area contributed by atoms with Crippen molar-refractivity contribution >= 4 is 17.5 Å². The molecule has 0 saturated heterocycles. The maximum Gasteiger partial charge on any atom is 0.313 e. The Labute approximate surface area is 139 Å². The number of carbonyl (C=O) groups excluding carboxylic acids is 2. The minimum absolute atomic E-state index is 0.116. The standard InChI is InChI=1S/C19H28N2O2/c1-13-5-9-15(10-6-13)20-17(22)18(23)21-16-11-7-14(8-12-16)19(2,3)4/h5-6,9-10,14,16H,7-8,11-12H2,1-4H3,(H,20,22)(H,21,23). The van der Waals surface area contributed by atoms with Crippen LogP contribution >= 0.6 is 0 Å². The van der Waals surface area contributed by atoms with Crippen molar-refractivity contribution in [3.8, 4) is 0 Å². The van der Waals surface area contributed by atoms with Crippen LogP contribution < -0.4 is 10.6 Å². The summed E-state index contributed by atoms with van der Waals surface area (Å²) >= 11 is 0. The van der Waals surface area contributed by atoms with Gasteiger partial charge in [-0.05, 0) is 56.1 Å². The summed E-state index contributed by atoms with van der Waals surface area (Å²) in [7, 11) is 0. The van der Waals surface area contributed by atoms with Gasteiger partial charge in [0, 0.05) is 11.7 Å². The van der Waals surface area contributed by atoms with Gasteiger partial charge in [-0.25, -0.2) is 0 Å². The lowest BCUT2D eigenvalue weighted by Crippen LogP contribution is -2.44. The normalized spacial score (nSPS) is 21.6. The van der Waals surface area contributed by atoms with Gasteiger partial charge in [0.05, 0.1) is 0 Å². The lowest BCUT2D eigenvalue weighted by molar-refractivity contribution is -0.136. The van der Waals surface area contributed by atoms with Crippen LogP contribution in [0.2, 0.25) is 0 Å². The summed E-state index contributed by atoms with van der Waals surface area (Å²) in [4.78, 5) is 24.0. The third kappa shape index (κ3) is 5.08. The van der Waals surface area contributed by atoms with E-state index in [1.54, 1.807) is 12.1 Å². The van der Waals surface area contributed by atoms with Crippen LogP contribution in [-0.2, 0) is 9.59 Å².